The normalized spacial score (nSPS) is 21.6. The molecule has 0 radical (unpaired) electrons. The summed E-state index contributed by atoms with van der Waals surface area (Å²) < 4.78 is 1.23. The zero-order chi connectivity index (χ0) is 16.4. The molecule has 128 valence electrons. The number of nitrogens with one attached hydrogen (secondary N) is 1. The summed E-state index contributed by atoms with van der Waals surface area (Å²) in [4.78, 5) is 21.5. The molecule has 3 heterocycles. The average Bonchev–Trinajstić information content (AvgIpc) is 3.29. The zero-order valence-electron chi connectivity index (χ0n) is 13.9. The highest BCUT2D eigenvalue weighted by molar-refractivity contribution is 7.22. The van der Waals surface area contributed by atoms with Crippen molar-refractivity contribution < 1.29 is 4.79 Å². The highest BCUT2D eigenvalue weighted by Crippen LogP contribution is 2.29. The first-order valence-corrected chi connectivity index (χ1v) is 9.70. The molecule has 4 rings (SSSR count). The number of nitrogens with zero attached hydrogens (tertiary/aromatic N) is 3. The van der Waals surface area contributed by atoms with Crippen LogP contribution in [-0.2, 0) is 4.79 Å². The molecule has 1 aromatic heterocycles. The van der Waals surface area contributed by atoms with Gasteiger partial charge in [0.25, 0.3) is 0 Å². The van der Waals surface area contributed by atoms with E-state index >= 15 is 0 Å². The molecule has 5 nitrogen and oxygen atoms in total. The number of rotatable bonds is 4. The summed E-state index contributed by atoms with van der Waals surface area (Å²) >= 11 is 1.74. The predicted molar refractivity (Wildman–Crippen MR) is 98.6 cm³/mol. The van der Waals surface area contributed by atoms with Crippen LogP contribution in [0.25, 0.3) is 10.2 Å². The molecule has 0 saturated carbocycles. The molecule has 2 aliphatic rings. The van der Waals surface area contributed by atoms with Crippen molar-refractivity contribution in [3.8, 4) is 0 Å². The first kappa shape index (κ1) is 15.8. The maximum atomic E-state index is 12.4. The van der Waals surface area contributed by atoms with Gasteiger partial charge in [0, 0.05) is 32.6 Å². The summed E-state index contributed by atoms with van der Waals surface area (Å²) in [6, 6.07) is 8.27. The molecular weight excluding hydrogens is 320 g/mol. The molecule has 1 amide bonds. The summed E-state index contributed by atoms with van der Waals surface area (Å²) in [5.74, 6) is 1.02. The summed E-state index contributed by atoms with van der Waals surface area (Å²) in [6.07, 6.45) is 2.95. The van der Waals surface area contributed by atoms with Crippen molar-refractivity contribution >= 4 is 32.6 Å². The Hall–Kier alpha value is -1.66. The van der Waals surface area contributed by atoms with E-state index < -0.39 is 0 Å². The molecule has 1 N–H and O–H groups in total. The molecule has 6 heteroatoms. The van der Waals surface area contributed by atoms with Crippen LogP contribution in [0.3, 0.4) is 0 Å². The molecular formula is C18H24N4OS. The number of piperazine rings is 1. The average molecular weight is 344 g/mol. The lowest BCUT2D eigenvalue weighted by atomic mass is 10.0. The third kappa shape index (κ3) is 3.39. The molecule has 1 atom stereocenters. The van der Waals surface area contributed by atoms with Gasteiger partial charge in [-0.3, -0.25) is 4.79 Å². The van der Waals surface area contributed by atoms with Crippen LogP contribution in [0.15, 0.2) is 24.3 Å². The third-order valence-corrected chi connectivity index (χ3v) is 6.21. The van der Waals surface area contributed by atoms with Gasteiger partial charge >= 0.3 is 0 Å². The topological polar surface area (TPSA) is 48.5 Å². The fourth-order valence-electron chi connectivity index (χ4n) is 3.59. The number of carbonyl (C=O) groups excluding carboxylic acids is 1. The molecule has 2 aliphatic heterocycles. The fraction of sp³-hybridized carbons (Fsp3) is 0.556. The SMILES string of the molecule is O=C(CCC1CCNC1)N1CCN(c2nc3ccccc3s2)CC1. The minimum atomic E-state index is 0.325. The molecule has 1 unspecified atom stereocenters. The van der Waals surface area contributed by atoms with E-state index in [0.29, 0.717) is 18.2 Å². The lowest BCUT2D eigenvalue weighted by molar-refractivity contribution is -0.131. The number of thiazole rings is 1. The molecule has 1 aromatic carbocycles. The zero-order valence-corrected chi connectivity index (χ0v) is 14.7. The smallest absolute Gasteiger partial charge is 0.222 e. The van der Waals surface area contributed by atoms with Gasteiger partial charge in [0.2, 0.25) is 5.91 Å². The van der Waals surface area contributed by atoms with Gasteiger partial charge in [-0.2, -0.15) is 0 Å². The van der Waals surface area contributed by atoms with E-state index in [-0.39, 0.29) is 0 Å². The summed E-state index contributed by atoms with van der Waals surface area (Å²) in [6.45, 7) is 5.60. The Kier molecular flexibility index (Phi) is 4.67. The highest BCUT2D eigenvalue weighted by Gasteiger charge is 2.24. The maximum Gasteiger partial charge on any atom is 0.222 e. The number of carbonyl (C=O) groups is 1. The van der Waals surface area contributed by atoms with E-state index in [1.54, 1.807) is 11.3 Å². The van der Waals surface area contributed by atoms with Crippen molar-refractivity contribution in [2.75, 3.05) is 44.2 Å². The first-order chi connectivity index (χ1) is 11.8. The van der Waals surface area contributed by atoms with Gasteiger partial charge in [-0.05, 0) is 44.0 Å². The largest absolute Gasteiger partial charge is 0.345 e. The minimum Gasteiger partial charge on any atom is -0.345 e. The number of hydrogen-bond donors (Lipinski definition) is 1. The molecule has 0 aliphatic carbocycles. The van der Waals surface area contributed by atoms with Crippen LogP contribution in [0.5, 0.6) is 0 Å². The summed E-state index contributed by atoms with van der Waals surface area (Å²) in [7, 11) is 0. The molecule has 2 fully saturated rings. The standard InChI is InChI=1S/C18H24N4OS/c23-17(6-5-14-7-8-19-13-14)21-9-11-22(12-10-21)18-20-15-3-1-2-4-16(15)24-18/h1-4,14,19H,5-13H2. The van der Waals surface area contributed by atoms with Crippen molar-refractivity contribution in [2.24, 2.45) is 5.92 Å². The van der Waals surface area contributed by atoms with Gasteiger partial charge in [0.05, 0.1) is 10.2 Å². The predicted octanol–water partition coefficient (Wildman–Crippen LogP) is 2.33. The van der Waals surface area contributed by atoms with E-state index in [4.69, 9.17) is 4.98 Å². The number of aromatic nitrogens is 1. The molecule has 2 saturated heterocycles. The third-order valence-electron chi connectivity index (χ3n) is 5.11. The van der Waals surface area contributed by atoms with Crippen LogP contribution in [0.2, 0.25) is 0 Å². The summed E-state index contributed by atoms with van der Waals surface area (Å²) in [5.41, 5.74) is 1.07. The minimum absolute atomic E-state index is 0.325. The van der Waals surface area contributed by atoms with Crippen LogP contribution < -0.4 is 10.2 Å². The second-order valence-corrected chi connectivity index (χ2v) is 7.74. The van der Waals surface area contributed by atoms with Gasteiger partial charge in [-0.15, -0.1) is 0 Å². The Morgan fingerprint density at radius 3 is 2.83 bits per heavy atom. The van der Waals surface area contributed by atoms with Crippen molar-refractivity contribution in [3.05, 3.63) is 24.3 Å². The molecule has 0 spiro atoms. The van der Waals surface area contributed by atoms with E-state index in [1.807, 2.05) is 11.0 Å². The van der Waals surface area contributed by atoms with E-state index in [0.717, 1.165) is 56.3 Å². The summed E-state index contributed by atoms with van der Waals surface area (Å²) in [5, 5.41) is 4.46. The van der Waals surface area contributed by atoms with E-state index in [2.05, 4.69) is 28.4 Å². The van der Waals surface area contributed by atoms with E-state index in [9.17, 15) is 4.79 Å². The number of para-hydroxylation sites is 1. The quantitative estimate of drug-likeness (QED) is 0.925. The van der Waals surface area contributed by atoms with Crippen LogP contribution in [0.4, 0.5) is 5.13 Å². The fourth-order valence-corrected chi connectivity index (χ4v) is 4.61. The Morgan fingerprint density at radius 1 is 1.25 bits per heavy atom. The number of anilines is 1. The van der Waals surface area contributed by atoms with Crippen molar-refractivity contribution in [1.82, 2.24) is 15.2 Å². The van der Waals surface area contributed by atoms with Crippen LogP contribution in [0.1, 0.15) is 19.3 Å². The second kappa shape index (κ2) is 7.07. The van der Waals surface area contributed by atoms with Gasteiger partial charge < -0.3 is 15.1 Å². The van der Waals surface area contributed by atoms with Crippen molar-refractivity contribution in [2.45, 2.75) is 19.3 Å². The van der Waals surface area contributed by atoms with Crippen molar-refractivity contribution in [1.29, 1.82) is 0 Å². The maximum absolute atomic E-state index is 12.4. The van der Waals surface area contributed by atoms with Crippen LogP contribution in [0, 0.1) is 5.92 Å². The Morgan fingerprint density at radius 2 is 2.08 bits per heavy atom. The number of hydrogen-bond acceptors (Lipinski definition) is 5. The van der Waals surface area contributed by atoms with E-state index in [1.165, 1.54) is 11.1 Å². The molecule has 0 bridgehead atoms. The second-order valence-electron chi connectivity index (χ2n) is 6.73. The van der Waals surface area contributed by atoms with Gasteiger partial charge in [-0.25, -0.2) is 4.98 Å². The monoisotopic (exact) mass is 344 g/mol. The van der Waals surface area contributed by atoms with Crippen LogP contribution in [-0.4, -0.2) is 55.1 Å². The molecule has 24 heavy (non-hydrogen) atoms. The van der Waals surface area contributed by atoms with Crippen LogP contribution >= 0.6 is 11.3 Å². The Labute approximate surface area is 146 Å². The lowest BCUT2D eigenvalue weighted by Crippen LogP contribution is -2.48. The number of amides is 1. The lowest BCUT2D eigenvalue weighted by Gasteiger charge is -2.34. The van der Waals surface area contributed by atoms with Gasteiger partial charge in [-0.1, -0.05) is 23.5 Å². The van der Waals surface area contributed by atoms with Crippen molar-refractivity contribution in [3.63, 3.8) is 0 Å². The Bertz CT molecular complexity index is 669. The first-order valence-electron chi connectivity index (χ1n) is 8.88. The highest BCUT2D eigenvalue weighted by atomic mass is 32.1. The van der Waals surface area contributed by atoms with Gasteiger partial charge in [0.15, 0.2) is 5.13 Å². The molecule has 2 aromatic rings. The Balaban J connectivity index is 1.30. The number of benzene rings is 1. The van der Waals surface area contributed by atoms with Gasteiger partial charge in [0.1, 0.15) is 0 Å². The number of fused-ring (bicyclic) bond motifs is 1.